The molecule has 0 amide bonds. The summed E-state index contributed by atoms with van der Waals surface area (Å²) in [6.07, 6.45) is 3.99. The fourth-order valence-corrected chi connectivity index (χ4v) is 9.57. The minimum atomic E-state index is -4.49. The molecule has 0 spiro atoms. The van der Waals surface area contributed by atoms with Crippen molar-refractivity contribution in [3.05, 3.63) is 48.0 Å². The van der Waals surface area contributed by atoms with Gasteiger partial charge in [0.25, 0.3) is 0 Å². The van der Waals surface area contributed by atoms with Gasteiger partial charge >= 0.3 is 0 Å². The molecular weight excluding hydrogens is 456 g/mol. The Morgan fingerprint density at radius 3 is 2.27 bits per heavy atom. The van der Waals surface area contributed by atoms with Crippen molar-refractivity contribution in [2.24, 2.45) is 16.7 Å². The van der Waals surface area contributed by atoms with Crippen LogP contribution in [0.15, 0.2) is 42.5 Å². The van der Waals surface area contributed by atoms with E-state index in [2.05, 4.69) is 18.2 Å². The number of Topliss-reactive ketones (excluding diaryl/α,β-unsaturated/α-hetero) is 2. The highest BCUT2D eigenvalue weighted by Gasteiger charge is 2.67. The van der Waals surface area contributed by atoms with Crippen LogP contribution in [0.25, 0.3) is 10.8 Å². The molecule has 7 heteroatoms. The fourth-order valence-electron chi connectivity index (χ4n) is 5.93. The van der Waals surface area contributed by atoms with Crippen molar-refractivity contribution in [3.8, 4) is 0 Å². The van der Waals surface area contributed by atoms with Crippen molar-refractivity contribution in [1.82, 2.24) is 0 Å². The van der Waals surface area contributed by atoms with Crippen LogP contribution in [-0.4, -0.2) is 47.0 Å². The standard InChI is InChI=1S/C16H17OS.C10H16O4S/c17-16(12-18-10-3-4-11-18)15-9-5-7-13-6-1-2-8-14(13)15;1-9(2)6-4-5-10(9,3)8(11)7(6)15(12,13)14/h1-2,5-9H,3-4,10-12H2;6-7H,4-5H2,1-3H3,(H,12,13,14)/q+1;/p-1. The van der Waals surface area contributed by atoms with Crippen molar-refractivity contribution < 1.29 is 22.6 Å². The summed E-state index contributed by atoms with van der Waals surface area (Å²) >= 11 is 0. The summed E-state index contributed by atoms with van der Waals surface area (Å²) in [5.41, 5.74) is -0.0843. The summed E-state index contributed by atoms with van der Waals surface area (Å²) < 4.78 is 33.3. The summed E-state index contributed by atoms with van der Waals surface area (Å²) in [6.45, 7) is 5.59. The first-order valence-corrected chi connectivity index (χ1v) is 14.8. The van der Waals surface area contributed by atoms with Gasteiger partial charge in [0.15, 0.2) is 11.5 Å². The van der Waals surface area contributed by atoms with E-state index in [0.29, 0.717) is 29.5 Å². The summed E-state index contributed by atoms with van der Waals surface area (Å²) in [7, 11) is -4.14. The Morgan fingerprint density at radius 1 is 1.06 bits per heavy atom. The van der Waals surface area contributed by atoms with Crippen molar-refractivity contribution in [3.63, 3.8) is 0 Å². The lowest BCUT2D eigenvalue weighted by Crippen LogP contribution is -2.38. The first-order chi connectivity index (χ1) is 15.5. The van der Waals surface area contributed by atoms with Gasteiger partial charge in [-0.15, -0.1) is 0 Å². The van der Waals surface area contributed by atoms with E-state index in [4.69, 9.17) is 0 Å². The largest absolute Gasteiger partial charge is 0.747 e. The zero-order valence-corrected chi connectivity index (χ0v) is 21.1. The van der Waals surface area contributed by atoms with Crippen LogP contribution < -0.4 is 0 Å². The van der Waals surface area contributed by atoms with Crippen molar-refractivity contribution in [1.29, 1.82) is 0 Å². The van der Waals surface area contributed by atoms with Crippen LogP contribution in [0, 0.1) is 16.7 Å². The lowest BCUT2D eigenvalue weighted by Gasteiger charge is -2.32. The lowest BCUT2D eigenvalue weighted by atomic mass is 9.70. The first kappa shape index (κ1) is 24.4. The molecule has 0 N–H and O–H groups in total. The molecule has 2 saturated carbocycles. The third-order valence-corrected chi connectivity index (χ3v) is 11.9. The molecule has 3 atom stereocenters. The van der Waals surface area contributed by atoms with Gasteiger partial charge in [-0.2, -0.15) is 0 Å². The lowest BCUT2D eigenvalue weighted by molar-refractivity contribution is -0.128. The highest BCUT2D eigenvalue weighted by atomic mass is 32.2. The Morgan fingerprint density at radius 2 is 1.70 bits per heavy atom. The van der Waals surface area contributed by atoms with Crippen LogP contribution in [0.3, 0.4) is 0 Å². The van der Waals surface area contributed by atoms with Crippen LogP contribution in [-0.2, 0) is 25.8 Å². The van der Waals surface area contributed by atoms with E-state index in [9.17, 15) is 22.6 Å². The van der Waals surface area contributed by atoms with E-state index in [-0.39, 0.29) is 17.1 Å². The Hall–Kier alpha value is -1.70. The van der Waals surface area contributed by atoms with Crippen molar-refractivity contribution >= 4 is 43.4 Å². The Bertz CT molecular complexity index is 1170. The number of benzene rings is 2. The van der Waals surface area contributed by atoms with E-state index in [1.165, 1.54) is 24.3 Å². The number of ketones is 2. The number of fused-ring (bicyclic) bond motifs is 3. The molecule has 3 unspecified atom stereocenters. The predicted molar refractivity (Wildman–Crippen MR) is 133 cm³/mol. The van der Waals surface area contributed by atoms with Crippen LogP contribution in [0.1, 0.15) is 56.8 Å². The first-order valence-electron chi connectivity index (χ1n) is 11.6. The van der Waals surface area contributed by atoms with Gasteiger partial charge in [0.05, 0.1) is 0 Å². The second kappa shape index (κ2) is 8.82. The molecule has 2 aromatic rings. The van der Waals surface area contributed by atoms with Crippen LogP contribution in [0.2, 0.25) is 0 Å². The molecule has 2 aromatic carbocycles. The molecule has 3 fully saturated rings. The zero-order chi connectivity index (χ0) is 24.0. The normalized spacial score (nSPS) is 28.7. The number of carbonyl (C=O) groups excluding carboxylic acids is 2. The smallest absolute Gasteiger partial charge is 0.212 e. The molecule has 1 heterocycles. The van der Waals surface area contributed by atoms with E-state index in [0.717, 1.165) is 22.1 Å². The van der Waals surface area contributed by atoms with Gasteiger partial charge in [0.2, 0.25) is 5.78 Å². The second-order valence-corrected chi connectivity index (χ2v) is 14.1. The van der Waals surface area contributed by atoms with Crippen LogP contribution >= 0.6 is 0 Å². The zero-order valence-electron chi connectivity index (χ0n) is 19.5. The molecule has 33 heavy (non-hydrogen) atoms. The molecular formula is C26H32O5S2. The van der Waals surface area contributed by atoms with Crippen molar-refractivity contribution in [2.75, 3.05) is 17.3 Å². The van der Waals surface area contributed by atoms with Gasteiger partial charge in [-0.05, 0) is 58.7 Å². The highest BCUT2D eigenvalue weighted by Crippen LogP contribution is 2.64. The summed E-state index contributed by atoms with van der Waals surface area (Å²) in [5, 5.41) is 0.970. The second-order valence-electron chi connectivity index (χ2n) is 10.3. The molecule has 178 valence electrons. The number of hydrogen-bond donors (Lipinski definition) is 0. The van der Waals surface area contributed by atoms with Gasteiger partial charge < -0.3 is 4.55 Å². The summed E-state index contributed by atoms with van der Waals surface area (Å²) in [5.74, 6) is 2.95. The number of hydrogen-bond acceptors (Lipinski definition) is 5. The van der Waals surface area contributed by atoms with Crippen LogP contribution in [0.4, 0.5) is 0 Å². The van der Waals surface area contributed by atoms with E-state index >= 15 is 0 Å². The molecule has 2 aliphatic carbocycles. The van der Waals surface area contributed by atoms with Gasteiger partial charge in [-0.3, -0.25) is 9.59 Å². The highest BCUT2D eigenvalue weighted by molar-refractivity contribution is 7.97. The average Bonchev–Trinajstić information content (AvgIpc) is 3.38. The summed E-state index contributed by atoms with van der Waals surface area (Å²) in [6, 6.07) is 14.2. The molecule has 0 aromatic heterocycles. The monoisotopic (exact) mass is 488 g/mol. The molecule has 1 saturated heterocycles. The van der Waals surface area contributed by atoms with E-state index in [1.807, 2.05) is 38.1 Å². The van der Waals surface area contributed by atoms with Gasteiger partial charge in [0, 0.05) is 11.0 Å². The Balaban J connectivity index is 0.000000160. The minimum absolute atomic E-state index is 0.294. The van der Waals surface area contributed by atoms with Gasteiger partial charge in [-0.25, -0.2) is 8.42 Å². The topological polar surface area (TPSA) is 91.3 Å². The van der Waals surface area contributed by atoms with E-state index < -0.39 is 20.8 Å². The fraction of sp³-hybridized carbons (Fsp3) is 0.538. The molecule has 3 aliphatic rings. The third-order valence-electron chi connectivity index (χ3n) is 8.32. The quantitative estimate of drug-likeness (QED) is 0.362. The SMILES string of the molecule is CC12CCC(C(S(=O)(=O)[O-])C1=O)C2(C)C.O=C(C[S+]1CCCC1)c1cccc2ccccc12. The number of rotatable bonds is 4. The van der Waals surface area contributed by atoms with Crippen molar-refractivity contribution in [2.45, 2.75) is 51.7 Å². The third kappa shape index (κ3) is 4.28. The number of carbonyl (C=O) groups is 2. The van der Waals surface area contributed by atoms with Gasteiger partial charge in [-0.1, -0.05) is 63.2 Å². The molecule has 2 bridgehead atoms. The molecule has 1 aliphatic heterocycles. The average molecular weight is 489 g/mol. The van der Waals surface area contributed by atoms with Crippen LogP contribution in [0.5, 0.6) is 0 Å². The maximum absolute atomic E-state index is 12.4. The molecule has 5 rings (SSSR count). The summed E-state index contributed by atoms with van der Waals surface area (Å²) in [4.78, 5) is 24.4. The van der Waals surface area contributed by atoms with E-state index in [1.54, 1.807) is 6.92 Å². The maximum Gasteiger partial charge on any atom is 0.212 e. The molecule has 5 nitrogen and oxygen atoms in total. The Labute approximate surface area is 199 Å². The molecule has 0 radical (unpaired) electrons. The van der Waals surface area contributed by atoms with Gasteiger partial charge in [0.1, 0.15) is 26.9 Å². The maximum atomic E-state index is 12.4. The Kier molecular flexibility index (Phi) is 6.53. The predicted octanol–water partition coefficient (Wildman–Crippen LogP) is 4.36. The minimum Gasteiger partial charge on any atom is -0.747 e.